The van der Waals surface area contributed by atoms with Crippen LogP contribution in [0, 0.1) is 11.8 Å². The molecule has 1 aliphatic heterocycles. The van der Waals surface area contributed by atoms with Crippen molar-refractivity contribution in [3.05, 3.63) is 48.5 Å². The minimum Gasteiger partial charge on any atom is -0.494 e. The molecule has 4 rings (SSSR count). The fourth-order valence-corrected chi connectivity index (χ4v) is 4.34. The SMILES string of the molecule is OC1C[C@@H]2CN(Cc3cccc(OCCCn4ccnc4)c3)C[C@@H]2C1. The third-order valence-corrected chi connectivity index (χ3v) is 5.49. The van der Waals surface area contributed by atoms with Gasteiger partial charge < -0.3 is 14.4 Å². The van der Waals surface area contributed by atoms with Gasteiger partial charge in [0.1, 0.15) is 5.75 Å². The number of nitrogens with zero attached hydrogens (tertiary/aromatic N) is 3. The highest BCUT2D eigenvalue weighted by atomic mass is 16.5. The van der Waals surface area contributed by atoms with E-state index in [-0.39, 0.29) is 6.10 Å². The van der Waals surface area contributed by atoms with Crippen LogP contribution in [0.25, 0.3) is 0 Å². The molecule has 1 saturated carbocycles. The molecule has 1 saturated heterocycles. The third kappa shape index (κ3) is 4.22. The maximum Gasteiger partial charge on any atom is 0.119 e. The molecule has 2 heterocycles. The number of ether oxygens (including phenoxy) is 1. The minimum absolute atomic E-state index is 0.0591. The molecule has 1 aliphatic carbocycles. The second kappa shape index (κ2) is 7.58. The van der Waals surface area contributed by atoms with Crippen LogP contribution in [0.15, 0.2) is 43.0 Å². The van der Waals surface area contributed by atoms with E-state index in [0.29, 0.717) is 18.4 Å². The summed E-state index contributed by atoms with van der Waals surface area (Å²) < 4.78 is 7.98. The molecule has 1 aromatic carbocycles. The van der Waals surface area contributed by atoms with E-state index in [4.69, 9.17) is 4.74 Å². The van der Waals surface area contributed by atoms with Crippen LogP contribution in [-0.4, -0.2) is 45.4 Å². The first-order chi connectivity index (χ1) is 12.3. The smallest absolute Gasteiger partial charge is 0.119 e. The number of benzene rings is 1. The van der Waals surface area contributed by atoms with Crippen LogP contribution >= 0.6 is 0 Å². The van der Waals surface area contributed by atoms with E-state index in [1.54, 1.807) is 6.20 Å². The Balaban J connectivity index is 1.24. The lowest BCUT2D eigenvalue weighted by atomic mass is 10.0. The lowest BCUT2D eigenvalue weighted by Gasteiger charge is -2.18. The highest BCUT2D eigenvalue weighted by molar-refractivity contribution is 5.28. The quantitative estimate of drug-likeness (QED) is 0.787. The number of aromatic nitrogens is 2. The standard InChI is InChI=1S/C20H27N3O2/c24-19-10-17-13-23(14-18(17)11-19)12-16-3-1-4-20(9-16)25-8-2-6-22-7-5-21-15-22/h1,3-5,7,9,15,17-19,24H,2,6,8,10-14H2/t17-,18+,19?. The van der Waals surface area contributed by atoms with Crippen molar-refractivity contribution in [1.82, 2.24) is 14.5 Å². The maximum atomic E-state index is 9.77. The second-order valence-corrected chi connectivity index (χ2v) is 7.49. The molecule has 2 fully saturated rings. The normalized spacial score (nSPS) is 26.0. The average molecular weight is 341 g/mol. The number of aliphatic hydroxyl groups excluding tert-OH is 1. The molecule has 1 unspecified atom stereocenters. The van der Waals surface area contributed by atoms with E-state index >= 15 is 0 Å². The van der Waals surface area contributed by atoms with Crippen molar-refractivity contribution in [1.29, 1.82) is 0 Å². The van der Waals surface area contributed by atoms with E-state index < -0.39 is 0 Å². The van der Waals surface area contributed by atoms with Gasteiger partial charge in [0, 0.05) is 38.6 Å². The summed E-state index contributed by atoms with van der Waals surface area (Å²) in [4.78, 5) is 6.58. The van der Waals surface area contributed by atoms with Crippen LogP contribution in [0.5, 0.6) is 5.75 Å². The Bertz CT molecular complexity index is 659. The van der Waals surface area contributed by atoms with Gasteiger partial charge in [-0.05, 0) is 48.8 Å². The van der Waals surface area contributed by atoms with Crippen LogP contribution in [0.4, 0.5) is 0 Å². The topological polar surface area (TPSA) is 50.5 Å². The van der Waals surface area contributed by atoms with E-state index in [2.05, 4.69) is 32.7 Å². The highest BCUT2D eigenvalue weighted by Gasteiger charge is 2.39. The molecule has 3 atom stereocenters. The fraction of sp³-hybridized carbons (Fsp3) is 0.550. The Morgan fingerprint density at radius 1 is 1.20 bits per heavy atom. The summed E-state index contributed by atoms with van der Waals surface area (Å²) >= 11 is 0. The van der Waals surface area contributed by atoms with Crippen LogP contribution in [-0.2, 0) is 13.1 Å². The molecule has 5 heteroatoms. The summed E-state index contributed by atoms with van der Waals surface area (Å²) in [6.45, 7) is 4.88. The Labute approximate surface area is 149 Å². The average Bonchev–Trinajstić information content (AvgIpc) is 3.29. The number of hydrogen-bond acceptors (Lipinski definition) is 4. The number of aryl methyl sites for hydroxylation is 1. The van der Waals surface area contributed by atoms with Crippen LogP contribution < -0.4 is 4.74 Å². The van der Waals surface area contributed by atoms with Crippen molar-refractivity contribution in [3.63, 3.8) is 0 Å². The summed E-state index contributed by atoms with van der Waals surface area (Å²) in [5.41, 5.74) is 1.31. The number of hydrogen-bond donors (Lipinski definition) is 1. The van der Waals surface area contributed by atoms with Crippen molar-refractivity contribution in [2.75, 3.05) is 19.7 Å². The van der Waals surface area contributed by atoms with Gasteiger partial charge in [0.2, 0.25) is 0 Å². The predicted octanol–water partition coefficient (Wildman–Crippen LogP) is 2.55. The molecule has 0 spiro atoms. The van der Waals surface area contributed by atoms with Crippen molar-refractivity contribution in [2.45, 2.75) is 38.5 Å². The molecule has 25 heavy (non-hydrogen) atoms. The summed E-state index contributed by atoms with van der Waals surface area (Å²) in [6.07, 6.45) is 8.50. The molecular formula is C20H27N3O2. The van der Waals surface area contributed by atoms with Gasteiger partial charge in [-0.25, -0.2) is 4.98 Å². The van der Waals surface area contributed by atoms with Crippen molar-refractivity contribution in [3.8, 4) is 5.75 Å². The number of fused-ring (bicyclic) bond motifs is 1. The zero-order valence-electron chi connectivity index (χ0n) is 14.6. The van der Waals surface area contributed by atoms with E-state index in [9.17, 15) is 5.11 Å². The lowest BCUT2D eigenvalue weighted by molar-refractivity contribution is 0.161. The zero-order valence-corrected chi connectivity index (χ0v) is 14.6. The molecular weight excluding hydrogens is 314 g/mol. The monoisotopic (exact) mass is 341 g/mol. The molecule has 0 bridgehead atoms. The zero-order chi connectivity index (χ0) is 17.1. The van der Waals surface area contributed by atoms with Gasteiger partial charge in [-0.3, -0.25) is 4.90 Å². The first-order valence-corrected chi connectivity index (χ1v) is 9.34. The Morgan fingerprint density at radius 2 is 2.04 bits per heavy atom. The van der Waals surface area contributed by atoms with Crippen molar-refractivity contribution < 1.29 is 9.84 Å². The Kier molecular flexibility index (Phi) is 5.04. The van der Waals surface area contributed by atoms with Gasteiger partial charge in [-0.2, -0.15) is 0 Å². The van der Waals surface area contributed by atoms with Crippen molar-refractivity contribution >= 4 is 0 Å². The highest BCUT2D eigenvalue weighted by Crippen LogP contribution is 2.38. The van der Waals surface area contributed by atoms with E-state index in [1.807, 2.05) is 18.6 Å². The van der Waals surface area contributed by atoms with Gasteiger partial charge in [0.25, 0.3) is 0 Å². The second-order valence-electron chi connectivity index (χ2n) is 7.49. The number of likely N-dealkylation sites (tertiary alicyclic amines) is 1. The van der Waals surface area contributed by atoms with Crippen LogP contribution in [0.3, 0.4) is 0 Å². The molecule has 5 nitrogen and oxygen atoms in total. The van der Waals surface area contributed by atoms with Gasteiger partial charge in [-0.1, -0.05) is 12.1 Å². The van der Waals surface area contributed by atoms with E-state index in [1.165, 1.54) is 5.56 Å². The summed E-state index contributed by atoms with van der Waals surface area (Å²) in [5, 5.41) is 9.77. The van der Waals surface area contributed by atoms with Crippen LogP contribution in [0.2, 0.25) is 0 Å². The summed E-state index contributed by atoms with van der Waals surface area (Å²) in [5.74, 6) is 2.34. The van der Waals surface area contributed by atoms with Gasteiger partial charge in [-0.15, -0.1) is 0 Å². The number of rotatable bonds is 7. The fourth-order valence-electron chi connectivity index (χ4n) is 4.34. The number of imidazole rings is 1. The van der Waals surface area contributed by atoms with Gasteiger partial charge in [0.15, 0.2) is 0 Å². The van der Waals surface area contributed by atoms with Crippen molar-refractivity contribution in [2.24, 2.45) is 11.8 Å². The molecule has 2 aromatic rings. The predicted molar refractivity (Wildman–Crippen MR) is 96.3 cm³/mol. The summed E-state index contributed by atoms with van der Waals surface area (Å²) in [6, 6.07) is 8.47. The minimum atomic E-state index is -0.0591. The number of aliphatic hydroxyl groups is 1. The van der Waals surface area contributed by atoms with Crippen LogP contribution in [0.1, 0.15) is 24.8 Å². The van der Waals surface area contributed by atoms with E-state index in [0.717, 1.165) is 51.2 Å². The largest absolute Gasteiger partial charge is 0.494 e. The Morgan fingerprint density at radius 3 is 2.80 bits per heavy atom. The van der Waals surface area contributed by atoms with Gasteiger partial charge in [0.05, 0.1) is 19.0 Å². The summed E-state index contributed by atoms with van der Waals surface area (Å²) in [7, 11) is 0. The lowest BCUT2D eigenvalue weighted by Crippen LogP contribution is -2.22. The molecule has 0 amide bonds. The molecule has 1 aromatic heterocycles. The third-order valence-electron chi connectivity index (χ3n) is 5.49. The first-order valence-electron chi connectivity index (χ1n) is 9.34. The Hall–Kier alpha value is -1.85. The molecule has 134 valence electrons. The van der Waals surface area contributed by atoms with Gasteiger partial charge >= 0.3 is 0 Å². The molecule has 0 radical (unpaired) electrons. The first kappa shape index (κ1) is 16.6. The molecule has 1 N–H and O–H groups in total. The maximum absolute atomic E-state index is 9.77. The molecule has 2 aliphatic rings.